The third kappa shape index (κ3) is 15.4. The minimum Gasteiger partial charge on any atom is -0.491 e. The zero-order valence-corrected chi connectivity index (χ0v) is 52.8. The molecule has 3 saturated heterocycles. The highest BCUT2D eigenvalue weighted by atomic mass is 19.1. The van der Waals surface area contributed by atoms with E-state index in [4.69, 9.17) is 51.4 Å². The minimum absolute atomic E-state index is 0.000139. The van der Waals surface area contributed by atoms with Crippen molar-refractivity contribution in [2.24, 2.45) is 0 Å². The van der Waals surface area contributed by atoms with Gasteiger partial charge in [-0.1, -0.05) is 19.2 Å². The van der Waals surface area contributed by atoms with E-state index in [0.29, 0.717) is 109 Å². The highest BCUT2D eigenvalue weighted by molar-refractivity contribution is 6.00. The average Bonchev–Trinajstić information content (AvgIpc) is 1.72. The molecule has 0 saturated carbocycles. The third-order valence-electron chi connectivity index (χ3n) is 16.3. The van der Waals surface area contributed by atoms with Crippen LogP contribution in [0.25, 0.3) is 66.9 Å². The van der Waals surface area contributed by atoms with Crippen LogP contribution in [-0.2, 0) is 23.9 Å². The zero-order chi connectivity index (χ0) is 65.5. The fraction of sp³-hybridized carbons (Fsp3) is 0.364. The second-order valence-corrected chi connectivity index (χ2v) is 22.8. The van der Waals surface area contributed by atoms with Crippen molar-refractivity contribution in [1.29, 1.82) is 0 Å². The number of nitrogens with zero attached hydrogens (tertiary/aromatic N) is 16. The minimum atomic E-state index is -0.322. The number of likely N-dealkylation sites (tertiary alicyclic amines) is 3. The fourth-order valence-corrected chi connectivity index (χ4v) is 11.7. The lowest BCUT2D eigenvalue weighted by atomic mass is 10.1. The number of rotatable bonds is 19. The Morgan fingerprint density at radius 1 is 0.527 bits per heavy atom. The van der Waals surface area contributed by atoms with Gasteiger partial charge >= 0.3 is 0 Å². The lowest BCUT2D eigenvalue weighted by Crippen LogP contribution is -2.40. The van der Waals surface area contributed by atoms with Crippen LogP contribution in [0.1, 0.15) is 56.7 Å². The van der Waals surface area contributed by atoms with Gasteiger partial charge in [-0.15, -0.1) is 0 Å². The van der Waals surface area contributed by atoms with Crippen LogP contribution in [0.5, 0.6) is 11.5 Å². The SMILES string of the molecule is C=CC(=O)N1CCC[C@@H](n2nc(-c3ccc(F)cc3)c3c(N)ncnc32)C1.C=CC(=O)N1CCC[C@@H](n2nc(-c3ccc(OCCOC)cc3)c3c(N)ncnc32)C1.COCCOc1ccc(-c2nn([C@@H]3CCCN(C(=O)/C=C/CN(C)C)C3)c3ncnc(N)c23)cc1. The van der Waals surface area contributed by atoms with E-state index < -0.39 is 0 Å². The quantitative estimate of drug-likeness (QED) is 0.0524. The van der Waals surface area contributed by atoms with E-state index in [9.17, 15) is 18.8 Å². The number of carbonyl (C=O) groups is 3. The molecule has 3 fully saturated rings. The van der Waals surface area contributed by atoms with E-state index >= 15 is 0 Å². The van der Waals surface area contributed by atoms with Crippen molar-refractivity contribution in [2.75, 3.05) is 118 Å². The molecule has 3 aromatic carbocycles. The molecule has 93 heavy (non-hydrogen) atoms. The Bertz CT molecular complexity index is 4100. The summed E-state index contributed by atoms with van der Waals surface area (Å²) >= 11 is 0. The molecule has 3 amide bonds. The van der Waals surface area contributed by atoms with Crippen LogP contribution < -0.4 is 26.7 Å². The molecule has 3 aliphatic heterocycles. The van der Waals surface area contributed by atoms with Crippen LogP contribution >= 0.6 is 0 Å². The number of piperidine rings is 3. The Labute approximate surface area is 537 Å². The summed E-state index contributed by atoms with van der Waals surface area (Å²) in [5.41, 5.74) is 25.1. The van der Waals surface area contributed by atoms with Gasteiger partial charge in [-0.05, 0) is 138 Å². The van der Waals surface area contributed by atoms with E-state index in [0.717, 1.165) is 97.4 Å². The van der Waals surface area contributed by atoms with Crippen LogP contribution in [0.2, 0.25) is 0 Å². The number of likely N-dealkylation sites (N-methyl/N-ethyl adjacent to an activating group) is 1. The molecular weight excluding hydrogens is 1190 g/mol. The van der Waals surface area contributed by atoms with Gasteiger partial charge in [0.1, 0.15) is 84.0 Å². The lowest BCUT2D eigenvalue weighted by Gasteiger charge is -2.32. The number of carbonyl (C=O) groups excluding carboxylic acids is 3. The van der Waals surface area contributed by atoms with Gasteiger partial charge in [0.2, 0.25) is 17.7 Å². The van der Waals surface area contributed by atoms with E-state index in [1.807, 2.05) is 92.5 Å². The first-order valence-electron chi connectivity index (χ1n) is 30.8. The molecule has 9 aromatic rings. The molecule has 3 atom stereocenters. The maximum atomic E-state index is 13.3. The Morgan fingerprint density at radius 3 is 1.20 bits per heavy atom. The summed E-state index contributed by atoms with van der Waals surface area (Å²) in [7, 11) is 7.23. The Morgan fingerprint density at radius 2 is 0.871 bits per heavy atom. The van der Waals surface area contributed by atoms with Crippen molar-refractivity contribution in [3.05, 3.63) is 135 Å². The number of nitrogen functional groups attached to an aromatic ring is 3. The standard InChI is InChI=1S/C25H33N7O3.C22H26N6O3.C19H19FN6O/c1-30(2)12-5-7-21(33)31-13-4-6-19(16-31)32-25-22(24(26)27-17-28-25)23(29-32)18-8-10-20(11-9-18)35-15-14-34-3;1-3-18(29)27-10-4-5-16(13-27)28-22-19(21(23)24-14-25-22)20(26-28)15-6-8-17(9-7-15)31-12-11-30-2;1-2-15(27)25-9-3-4-14(10-25)26-19-16(18(21)22-11-23-19)17(24-26)12-5-7-13(20)8-6-12/h5,7-11,17,19H,4,6,12-16H2,1-3H3,(H2,26,27,28);3,6-9,14,16H,1,4-5,10-13H2,2H3,(H2,23,24,25);2,5-8,11,14H,1,3-4,9-10H2,(H2,21,22,23)/b7-5+;;/t19-;16-;14-/m111/s1. The molecular formula is C66H78FN19O7. The highest BCUT2D eigenvalue weighted by Gasteiger charge is 2.32. The first-order chi connectivity index (χ1) is 45.2. The van der Waals surface area contributed by atoms with Gasteiger partial charge in [0.15, 0.2) is 16.9 Å². The predicted octanol–water partition coefficient (Wildman–Crippen LogP) is 7.40. The number of hydrogen-bond acceptors (Lipinski definition) is 20. The van der Waals surface area contributed by atoms with Crippen LogP contribution in [0.3, 0.4) is 0 Å². The summed E-state index contributed by atoms with van der Waals surface area (Å²) in [6.45, 7) is 13.7. The molecule has 486 valence electrons. The number of aromatic nitrogens is 12. The van der Waals surface area contributed by atoms with Crippen molar-refractivity contribution < 1.29 is 37.7 Å². The van der Waals surface area contributed by atoms with E-state index in [1.165, 1.54) is 43.3 Å². The van der Waals surface area contributed by atoms with E-state index in [1.54, 1.807) is 42.2 Å². The zero-order valence-electron chi connectivity index (χ0n) is 52.8. The molecule has 6 aromatic heterocycles. The number of halogens is 1. The summed E-state index contributed by atoms with van der Waals surface area (Å²) in [6, 6.07) is 21.4. The molecule has 0 unspecified atom stereocenters. The summed E-state index contributed by atoms with van der Waals surface area (Å²) in [6.07, 6.45) is 15.8. The maximum absolute atomic E-state index is 13.3. The molecule has 27 heteroatoms. The second kappa shape index (κ2) is 30.7. The number of fused-ring (bicyclic) bond motifs is 3. The van der Waals surface area contributed by atoms with Crippen molar-refractivity contribution in [1.82, 2.24) is 78.8 Å². The molecule has 0 radical (unpaired) electrons. The molecule has 12 rings (SSSR count). The number of methoxy groups -OCH3 is 2. The van der Waals surface area contributed by atoms with Crippen molar-refractivity contribution >= 4 is 68.3 Å². The molecule has 0 spiro atoms. The molecule has 0 bridgehead atoms. The Kier molecular flexibility index (Phi) is 21.7. The van der Waals surface area contributed by atoms with Crippen LogP contribution in [-0.4, -0.2) is 197 Å². The van der Waals surface area contributed by atoms with Crippen LogP contribution in [0, 0.1) is 5.82 Å². The van der Waals surface area contributed by atoms with Gasteiger partial charge in [-0.2, -0.15) is 15.3 Å². The first kappa shape index (κ1) is 65.7. The number of nitrogens with two attached hydrogens (primary N) is 3. The summed E-state index contributed by atoms with van der Waals surface area (Å²) in [5.74, 6) is 2.11. The predicted molar refractivity (Wildman–Crippen MR) is 353 cm³/mol. The van der Waals surface area contributed by atoms with Crippen molar-refractivity contribution in [3.8, 4) is 45.3 Å². The van der Waals surface area contributed by atoms with Crippen LogP contribution in [0.15, 0.2) is 129 Å². The van der Waals surface area contributed by atoms with Gasteiger partial charge < -0.3 is 55.7 Å². The topological polar surface area (TPSA) is 310 Å². The van der Waals surface area contributed by atoms with Crippen molar-refractivity contribution in [3.63, 3.8) is 0 Å². The van der Waals surface area contributed by atoms with Gasteiger partial charge in [-0.3, -0.25) is 14.4 Å². The van der Waals surface area contributed by atoms with Gasteiger partial charge in [0, 0.05) is 82.8 Å². The first-order valence-corrected chi connectivity index (χ1v) is 30.8. The summed E-state index contributed by atoms with van der Waals surface area (Å²) in [5, 5.41) is 16.6. The van der Waals surface area contributed by atoms with Crippen LogP contribution in [0.4, 0.5) is 21.8 Å². The third-order valence-corrected chi connectivity index (χ3v) is 16.3. The Hall–Kier alpha value is -10.3. The molecule has 3 aliphatic rings. The number of anilines is 3. The normalized spacial score (nSPS) is 16.7. The van der Waals surface area contributed by atoms with E-state index in [-0.39, 0.29) is 41.7 Å². The summed E-state index contributed by atoms with van der Waals surface area (Å²) in [4.78, 5) is 70.2. The number of amides is 3. The molecule has 9 heterocycles. The van der Waals surface area contributed by atoms with Gasteiger partial charge in [0.25, 0.3) is 0 Å². The number of benzene rings is 3. The maximum Gasteiger partial charge on any atom is 0.246 e. The van der Waals surface area contributed by atoms with E-state index in [2.05, 4.69) is 43.1 Å². The lowest BCUT2D eigenvalue weighted by molar-refractivity contribution is -0.128. The van der Waals surface area contributed by atoms with Crippen molar-refractivity contribution in [2.45, 2.75) is 56.7 Å². The number of hydrogen-bond donors (Lipinski definition) is 3. The van der Waals surface area contributed by atoms with Gasteiger partial charge in [-0.25, -0.2) is 48.3 Å². The largest absolute Gasteiger partial charge is 0.491 e. The smallest absolute Gasteiger partial charge is 0.246 e. The highest BCUT2D eigenvalue weighted by Crippen LogP contribution is 2.38. The average molecular weight is 1270 g/mol. The Balaban J connectivity index is 0.000000154. The number of ether oxygens (including phenoxy) is 4. The summed E-state index contributed by atoms with van der Waals surface area (Å²) < 4.78 is 40.3. The monoisotopic (exact) mass is 1270 g/mol. The fourth-order valence-electron chi connectivity index (χ4n) is 11.7. The second-order valence-electron chi connectivity index (χ2n) is 22.8. The molecule has 0 aliphatic carbocycles. The van der Waals surface area contributed by atoms with Gasteiger partial charge in [0.05, 0.1) is 47.5 Å². The molecule has 6 N–H and O–H groups in total. The molecule has 26 nitrogen and oxygen atoms in total.